The molecule has 7 heteroatoms. The van der Waals surface area contributed by atoms with E-state index in [1.165, 1.54) is 0 Å². The van der Waals surface area contributed by atoms with E-state index >= 15 is 0 Å². The highest BCUT2D eigenvalue weighted by atomic mass is 32.1. The van der Waals surface area contributed by atoms with Crippen LogP contribution in [-0.4, -0.2) is 27.0 Å². The monoisotopic (exact) mass is 289 g/mol. The van der Waals surface area contributed by atoms with Gasteiger partial charge in [0.1, 0.15) is 10.6 Å². The number of anilines is 1. The summed E-state index contributed by atoms with van der Waals surface area (Å²) in [5, 5.41) is 12.2. The summed E-state index contributed by atoms with van der Waals surface area (Å²) in [5.41, 5.74) is 0.766. The van der Waals surface area contributed by atoms with Gasteiger partial charge in [0.05, 0.1) is 5.69 Å². The topological polar surface area (TPSA) is 92.2 Å². The molecule has 1 saturated carbocycles. The summed E-state index contributed by atoms with van der Waals surface area (Å²) in [6.07, 6.45) is 3.34. The van der Waals surface area contributed by atoms with Gasteiger partial charge in [0.2, 0.25) is 5.91 Å². The first-order chi connectivity index (χ1) is 9.65. The van der Waals surface area contributed by atoms with Crippen molar-refractivity contribution < 1.29 is 14.7 Å². The van der Waals surface area contributed by atoms with Crippen molar-refractivity contribution in [1.82, 2.24) is 9.97 Å². The van der Waals surface area contributed by atoms with E-state index in [9.17, 15) is 14.7 Å². The van der Waals surface area contributed by atoms with Gasteiger partial charge in [-0.1, -0.05) is 17.4 Å². The Morgan fingerprint density at radius 1 is 1.35 bits per heavy atom. The molecule has 2 heterocycles. The second kappa shape index (κ2) is 5.01. The molecule has 0 bridgehead atoms. The molecule has 6 nitrogen and oxygen atoms in total. The van der Waals surface area contributed by atoms with Gasteiger partial charge in [0.25, 0.3) is 0 Å². The van der Waals surface area contributed by atoms with Crippen LogP contribution in [0, 0.1) is 5.92 Å². The van der Waals surface area contributed by atoms with E-state index in [4.69, 9.17) is 0 Å². The van der Waals surface area contributed by atoms with E-state index in [1.54, 1.807) is 24.4 Å². The molecule has 20 heavy (non-hydrogen) atoms. The van der Waals surface area contributed by atoms with Crippen LogP contribution in [0.5, 0.6) is 0 Å². The van der Waals surface area contributed by atoms with Gasteiger partial charge in [0.15, 0.2) is 5.13 Å². The molecule has 0 unspecified atom stereocenters. The van der Waals surface area contributed by atoms with Crippen LogP contribution >= 0.6 is 11.3 Å². The zero-order valence-corrected chi connectivity index (χ0v) is 11.2. The predicted molar refractivity (Wildman–Crippen MR) is 73.7 cm³/mol. The molecule has 0 atom stereocenters. The number of amides is 1. The summed E-state index contributed by atoms with van der Waals surface area (Å²) in [6, 6.07) is 5.19. The zero-order valence-electron chi connectivity index (χ0n) is 10.4. The maximum Gasteiger partial charge on any atom is 0.348 e. The number of hydrogen-bond acceptors (Lipinski definition) is 5. The Bertz CT molecular complexity index is 665. The summed E-state index contributed by atoms with van der Waals surface area (Å²) in [6.45, 7) is 0. The lowest BCUT2D eigenvalue weighted by molar-refractivity contribution is -0.117. The molecular weight excluding hydrogens is 278 g/mol. The largest absolute Gasteiger partial charge is 0.477 e. The normalized spacial score (nSPS) is 14.0. The Hall–Kier alpha value is -2.28. The third-order valence-corrected chi connectivity index (χ3v) is 3.87. The first kappa shape index (κ1) is 12.7. The van der Waals surface area contributed by atoms with Crippen LogP contribution < -0.4 is 5.32 Å². The molecule has 1 fully saturated rings. The molecule has 2 aromatic heterocycles. The molecule has 3 rings (SSSR count). The van der Waals surface area contributed by atoms with Gasteiger partial charge in [-0.05, 0) is 25.0 Å². The number of aromatic nitrogens is 2. The standard InChI is InChI=1S/C13H11N3O3S/c17-11(7-4-5-7)16-13-15-9(10(20-13)12(18)19)8-3-1-2-6-14-8/h1-3,6-7H,4-5H2,(H,18,19)(H,15,16,17). The highest BCUT2D eigenvalue weighted by Crippen LogP contribution is 2.33. The Morgan fingerprint density at radius 3 is 2.75 bits per heavy atom. The summed E-state index contributed by atoms with van der Waals surface area (Å²) in [7, 11) is 0. The number of nitrogens with zero attached hydrogens (tertiary/aromatic N) is 2. The fourth-order valence-corrected chi connectivity index (χ4v) is 2.56. The average Bonchev–Trinajstić information content (AvgIpc) is 3.21. The molecule has 0 aliphatic heterocycles. The lowest BCUT2D eigenvalue weighted by atomic mass is 10.2. The fourth-order valence-electron chi connectivity index (χ4n) is 1.75. The van der Waals surface area contributed by atoms with Gasteiger partial charge < -0.3 is 10.4 Å². The third-order valence-electron chi connectivity index (χ3n) is 2.91. The van der Waals surface area contributed by atoms with Gasteiger partial charge >= 0.3 is 5.97 Å². The predicted octanol–water partition coefficient (Wildman–Crippen LogP) is 2.25. The van der Waals surface area contributed by atoms with Crippen molar-refractivity contribution in [1.29, 1.82) is 0 Å². The molecule has 2 aromatic rings. The lowest BCUT2D eigenvalue weighted by Crippen LogP contribution is -2.12. The summed E-state index contributed by atoms with van der Waals surface area (Å²) in [4.78, 5) is 31.3. The SMILES string of the molecule is O=C(O)c1sc(NC(=O)C2CC2)nc1-c1ccccn1. The minimum absolute atomic E-state index is 0.0467. The van der Waals surface area contributed by atoms with E-state index in [-0.39, 0.29) is 22.4 Å². The van der Waals surface area contributed by atoms with Crippen molar-refractivity contribution in [2.45, 2.75) is 12.8 Å². The smallest absolute Gasteiger partial charge is 0.348 e. The molecule has 0 saturated heterocycles. The third kappa shape index (κ3) is 2.53. The molecule has 102 valence electrons. The van der Waals surface area contributed by atoms with Crippen molar-refractivity contribution in [2.75, 3.05) is 5.32 Å². The maximum atomic E-state index is 11.7. The quantitative estimate of drug-likeness (QED) is 0.900. The number of nitrogens with one attached hydrogen (secondary N) is 1. The number of carbonyl (C=O) groups is 2. The van der Waals surface area contributed by atoms with Crippen LogP contribution in [0.3, 0.4) is 0 Å². The Balaban J connectivity index is 1.94. The molecule has 0 radical (unpaired) electrons. The first-order valence-electron chi connectivity index (χ1n) is 6.11. The van der Waals surface area contributed by atoms with Gasteiger partial charge in [-0.2, -0.15) is 0 Å². The zero-order chi connectivity index (χ0) is 14.1. The minimum Gasteiger partial charge on any atom is -0.477 e. The van der Waals surface area contributed by atoms with Gasteiger partial charge in [0, 0.05) is 12.1 Å². The number of aromatic carboxylic acids is 1. The molecule has 0 aromatic carbocycles. The second-order valence-corrected chi connectivity index (χ2v) is 5.48. The van der Waals surface area contributed by atoms with Crippen molar-refractivity contribution in [3.05, 3.63) is 29.3 Å². The summed E-state index contributed by atoms with van der Waals surface area (Å²) >= 11 is 0.953. The van der Waals surface area contributed by atoms with Crippen molar-refractivity contribution in [3.63, 3.8) is 0 Å². The van der Waals surface area contributed by atoms with E-state index in [1.807, 2.05) is 0 Å². The van der Waals surface area contributed by atoms with Crippen LogP contribution in [0.1, 0.15) is 22.5 Å². The summed E-state index contributed by atoms with van der Waals surface area (Å²) < 4.78 is 0. The number of hydrogen-bond donors (Lipinski definition) is 2. The Kier molecular flexibility index (Phi) is 3.19. The number of pyridine rings is 1. The van der Waals surface area contributed by atoms with Crippen LogP contribution in [0.2, 0.25) is 0 Å². The van der Waals surface area contributed by atoms with Crippen LogP contribution in [0.25, 0.3) is 11.4 Å². The molecule has 2 N–H and O–H groups in total. The van der Waals surface area contributed by atoms with E-state index in [2.05, 4.69) is 15.3 Å². The number of carboxylic acids is 1. The average molecular weight is 289 g/mol. The highest BCUT2D eigenvalue weighted by molar-refractivity contribution is 7.18. The molecule has 1 aliphatic carbocycles. The van der Waals surface area contributed by atoms with Crippen LogP contribution in [0.15, 0.2) is 24.4 Å². The second-order valence-electron chi connectivity index (χ2n) is 4.48. The minimum atomic E-state index is -1.07. The summed E-state index contributed by atoms with van der Waals surface area (Å²) in [5.74, 6) is -1.12. The molecular formula is C13H11N3O3S. The van der Waals surface area contributed by atoms with E-state index in [0.29, 0.717) is 10.8 Å². The number of carbonyl (C=O) groups excluding carboxylic acids is 1. The van der Waals surface area contributed by atoms with Crippen molar-refractivity contribution in [3.8, 4) is 11.4 Å². The van der Waals surface area contributed by atoms with E-state index in [0.717, 1.165) is 24.2 Å². The molecule has 1 amide bonds. The van der Waals surface area contributed by atoms with Gasteiger partial charge in [-0.25, -0.2) is 9.78 Å². The van der Waals surface area contributed by atoms with Crippen LogP contribution in [-0.2, 0) is 4.79 Å². The number of rotatable bonds is 4. The fraction of sp³-hybridized carbons (Fsp3) is 0.231. The maximum absolute atomic E-state index is 11.7. The number of thiazole rings is 1. The Labute approximate surface area is 118 Å². The molecule has 1 aliphatic rings. The highest BCUT2D eigenvalue weighted by Gasteiger charge is 2.31. The van der Waals surface area contributed by atoms with Crippen molar-refractivity contribution >= 4 is 28.3 Å². The van der Waals surface area contributed by atoms with E-state index < -0.39 is 5.97 Å². The first-order valence-corrected chi connectivity index (χ1v) is 6.93. The number of carboxylic acid groups (broad SMARTS) is 1. The lowest BCUT2D eigenvalue weighted by Gasteiger charge is -1.98. The van der Waals surface area contributed by atoms with Gasteiger partial charge in [-0.15, -0.1) is 0 Å². The molecule has 0 spiro atoms. The Morgan fingerprint density at radius 2 is 2.15 bits per heavy atom. The van der Waals surface area contributed by atoms with Crippen molar-refractivity contribution in [2.24, 2.45) is 5.92 Å². The van der Waals surface area contributed by atoms with Crippen LogP contribution in [0.4, 0.5) is 5.13 Å². The van der Waals surface area contributed by atoms with Gasteiger partial charge in [-0.3, -0.25) is 9.78 Å².